The molecular weight excluding hydrogens is 350 g/mol. The van der Waals surface area contributed by atoms with Gasteiger partial charge in [0.1, 0.15) is 0 Å². The second-order valence-electron chi connectivity index (χ2n) is 7.50. The number of hydrogen-bond acceptors (Lipinski definition) is 2. The third-order valence-corrected chi connectivity index (χ3v) is 5.18. The molecule has 0 aromatic heterocycles. The lowest BCUT2D eigenvalue weighted by Gasteiger charge is -2.23. The fourth-order valence-corrected chi connectivity index (χ4v) is 3.47. The van der Waals surface area contributed by atoms with E-state index < -0.39 is 5.97 Å². The van der Waals surface area contributed by atoms with E-state index in [1.54, 1.807) is 18.2 Å². The van der Waals surface area contributed by atoms with Gasteiger partial charge < -0.3 is 10.0 Å². The summed E-state index contributed by atoms with van der Waals surface area (Å²) in [6.07, 6.45) is 9.20. The molecule has 0 saturated carbocycles. The Morgan fingerprint density at radius 3 is 1.75 bits per heavy atom. The van der Waals surface area contributed by atoms with Crippen LogP contribution >= 0.6 is 0 Å². The van der Waals surface area contributed by atoms with Crippen LogP contribution in [-0.4, -0.2) is 35.0 Å². The van der Waals surface area contributed by atoms with Crippen LogP contribution in [0.1, 0.15) is 85.9 Å². The highest BCUT2D eigenvalue weighted by Crippen LogP contribution is 2.20. The van der Waals surface area contributed by atoms with Crippen LogP contribution < -0.4 is 0 Å². The first-order valence-electron chi connectivity index (χ1n) is 10.6. The predicted molar refractivity (Wildman–Crippen MR) is 115 cm³/mol. The molecule has 4 nitrogen and oxygen atoms in total. The first-order valence-corrected chi connectivity index (χ1v) is 10.6. The minimum absolute atomic E-state index is 0.0807. The number of unbranched alkanes of at least 4 members (excludes halogenated alkanes) is 6. The zero-order chi connectivity index (χ0) is 20.4. The Balaban J connectivity index is 2.13. The molecule has 0 saturated heterocycles. The van der Waals surface area contributed by atoms with Crippen LogP contribution in [0.3, 0.4) is 0 Å². The van der Waals surface area contributed by atoms with Gasteiger partial charge in [-0.15, -0.1) is 0 Å². The number of hydrogen-bond donors (Lipinski definition) is 1. The summed E-state index contributed by atoms with van der Waals surface area (Å²) in [5.41, 5.74) is 0.946. The molecule has 0 unspecified atom stereocenters. The van der Waals surface area contributed by atoms with Gasteiger partial charge in [-0.3, -0.25) is 4.79 Å². The molecule has 2 aromatic rings. The van der Waals surface area contributed by atoms with Crippen molar-refractivity contribution in [2.45, 2.75) is 65.2 Å². The Morgan fingerprint density at radius 1 is 0.750 bits per heavy atom. The maximum Gasteiger partial charge on any atom is 0.335 e. The predicted octanol–water partition coefficient (Wildman–Crippen LogP) is 6.14. The maximum atomic E-state index is 13.1. The van der Waals surface area contributed by atoms with Crippen LogP contribution in [0, 0.1) is 0 Å². The summed E-state index contributed by atoms with van der Waals surface area (Å²) in [5.74, 6) is -0.857. The molecule has 0 bridgehead atoms. The van der Waals surface area contributed by atoms with Crippen LogP contribution in [0.5, 0.6) is 0 Å². The number of amides is 1. The Morgan fingerprint density at radius 2 is 1.25 bits per heavy atom. The third kappa shape index (κ3) is 6.36. The molecule has 0 aliphatic heterocycles. The largest absolute Gasteiger partial charge is 0.478 e. The SMILES string of the molecule is CCCCCCN(CCCCCC)C(=O)c1ccc2cc(C(=O)O)ccc2c1. The molecule has 152 valence electrons. The molecule has 0 atom stereocenters. The van der Waals surface area contributed by atoms with Gasteiger partial charge in [0.2, 0.25) is 0 Å². The topological polar surface area (TPSA) is 57.6 Å². The summed E-state index contributed by atoms with van der Waals surface area (Å²) in [6, 6.07) is 10.6. The number of benzene rings is 2. The van der Waals surface area contributed by atoms with Crippen molar-refractivity contribution in [1.29, 1.82) is 0 Å². The number of fused-ring (bicyclic) bond motifs is 1. The van der Waals surface area contributed by atoms with E-state index in [1.165, 1.54) is 25.7 Å². The monoisotopic (exact) mass is 383 g/mol. The fourth-order valence-electron chi connectivity index (χ4n) is 3.47. The molecule has 0 radical (unpaired) electrons. The molecule has 0 aliphatic carbocycles. The molecule has 2 aromatic carbocycles. The summed E-state index contributed by atoms with van der Waals surface area (Å²) >= 11 is 0. The second-order valence-corrected chi connectivity index (χ2v) is 7.50. The molecule has 4 heteroatoms. The van der Waals surface area contributed by atoms with E-state index in [0.717, 1.165) is 49.5 Å². The zero-order valence-electron chi connectivity index (χ0n) is 17.2. The minimum atomic E-state index is -0.938. The third-order valence-electron chi connectivity index (χ3n) is 5.18. The zero-order valence-corrected chi connectivity index (χ0v) is 17.2. The van der Waals surface area contributed by atoms with E-state index in [9.17, 15) is 9.59 Å². The van der Waals surface area contributed by atoms with Crippen molar-refractivity contribution in [3.05, 3.63) is 47.5 Å². The van der Waals surface area contributed by atoms with E-state index in [4.69, 9.17) is 5.11 Å². The lowest BCUT2D eigenvalue weighted by molar-refractivity contribution is 0.0695. The van der Waals surface area contributed by atoms with Gasteiger partial charge in [-0.05, 0) is 47.9 Å². The maximum absolute atomic E-state index is 13.1. The Hall–Kier alpha value is -2.36. The van der Waals surface area contributed by atoms with Gasteiger partial charge in [0.05, 0.1) is 5.56 Å². The van der Waals surface area contributed by atoms with Gasteiger partial charge in [-0.1, -0.05) is 64.5 Å². The second kappa shape index (κ2) is 11.5. The van der Waals surface area contributed by atoms with Crippen LogP contribution in [0.25, 0.3) is 10.8 Å². The van der Waals surface area contributed by atoms with Crippen molar-refractivity contribution in [2.24, 2.45) is 0 Å². The van der Waals surface area contributed by atoms with E-state index in [2.05, 4.69) is 13.8 Å². The number of carboxylic acids is 1. The molecule has 0 aliphatic rings. The van der Waals surface area contributed by atoms with Crippen LogP contribution in [0.4, 0.5) is 0 Å². The Bertz CT molecular complexity index is 773. The van der Waals surface area contributed by atoms with Crippen LogP contribution in [0.15, 0.2) is 36.4 Å². The highest BCUT2D eigenvalue weighted by atomic mass is 16.4. The first kappa shape index (κ1) is 21.9. The highest BCUT2D eigenvalue weighted by Gasteiger charge is 2.16. The molecule has 0 heterocycles. The van der Waals surface area contributed by atoms with Crippen LogP contribution in [0.2, 0.25) is 0 Å². The molecule has 1 N–H and O–H groups in total. The van der Waals surface area contributed by atoms with Crippen LogP contribution in [-0.2, 0) is 0 Å². The van der Waals surface area contributed by atoms with Gasteiger partial charge in [0, 0.05) is 18.7 Å². The van der Waals surface area contributed by atoms with Gasteiger partial charge in [-0.2, -0.15) is 0 Å². The van der Waals surface area contributed by atoms with Gasteiger partial charge in [-0.25, -0.2) is 4.79 Å². The first-order chi connectivity index (χ1) is 13.6. The summed E-state index contributed by atoms with van der Waals surface area (Å²) in [7, 11) is 0. The number of nitrogens with zero attached hydrogens (tertiary/aromatic N) is 1. The molecule has 0 fully saturated rings. The summed E-state index contributed by atoms with van der Waals surface area (Å²) in [4.78, 5) is 26.3. The van der Waals surface area contributed by atoms with Gasteiger partial charge in [0.15, 0.2) is 0 Å². The normalized spacial score (nSPS) is 10.9. The molecule has 1 amide bonds. The molecular formula is C24H33NO3. The standard InChI is InChI=1S/C24H33NO3/c1-3-5-7-9-15-25(16-10-8-6-4-2)23(26)21-13-11-20-18-22(24(27)28)14-12-19(20)17-21/h11-14,17-18H,3-10,15-16H2,1-2H3,(H,27,28). The lowest BCUT2D eigenvalue weighted by atomic mass is 10.0. The highest BCUT2D eigenvalue weighted by molar-refractivity contribution is 6.00. The summed E-state index contributed by atoms with van der Waals surface area (Å²) in [5, 5.41) is 10.9. The average Bonchev–Trinajstić information content (AvgIpc) is 2.71. The number of carboxylic acid groups (broad SMARTS) is 1. The molecule has 28 heavy (non-hydrogen) atoms. The molecule has 0 spiro atoms. The number of carbonyl (C=O) groups excluding carboxylic acids is 1. The summed E-state index contributed by atoms with van der Waals surface area (Å²) in [6.45, 7) is 6.00. The van der Waals surface area contributed by atoms with Gasteiger partial charge in [0.25, 0.3) is 5.91 Å². The van der Waals surface area contributed by atoms with Crippen molar-refractivity contribution in [2.75, 3.05) is 13.1 Å². The van der Waals surface area contributed by atoms with Crippen molar-refractivity contribution < 1.29 is 14.7 Å². The van der Waals surface area contributed by atoms with Crippen molar-refractivity contribution in [3.63, 3.8) is 0 Å². The van der Waals surface area contributed by atoms with E-state index >= 15 is 0 Å². The minimum Gasteiger partial charge on any atom is -0.478 e. The van der Waals surface area contributed by atoms with Crippen molar-refractivity contribution in [1.82, 2.24) is 4.90 Å². The van der Waals surface area contributed by atoms with E-state index in [-0.39, 0.29) is 11.5 Å². The average molecular weight is 384 g/mol. The number of aromatic carboxylic acids is 1. The molecule has 2 rings (SSSR count). The van der Waals surface area contributed by atoms with E-state index in [1.807, 2.05) is 23.1 Å². The number of carbonyl (C=O) groups is 2. The fraction of sp³-hybridized carbons (Fsp3) is 0.500. The van der Waals surface area contributed by atoms with Crippen molar-refractivity contribution >= 4 is 22.6 Å². The van der Waals surface area contributed by atoms with Gasteiger partial charge >= 0.3 is 5.97 Å². The lowest BCUT2D eigenvalue weighted by Crippen LogP contribution is -2.33. The smallest absolute Gasteiger partial charge is 0.335 e. The quantitative estimate of drug-likeness (QED) is 0.448. The Kier molecular flexibility index (Phi) is 8.99. The van der Waals surface area contributed by atoms with Crippen molar-refractivity contribution in [3.8, 4) is 0 Å². The Labute approximate surface area is 168 Å². The van der Waals surface area contributed by atoms with E-state index in [0.29, 0.717) is 5.56 Å². The summed E-state index contributed by atoms with van der Waals surface area (Å²) < 4.78 is 0. The number of rotatable bonds is 12.